The molecular formula is C10H14N2O3. The van der Waals surface area contributed by atoms with Crippen LogP contribution in [-0.2, 0) is 9.59 Å². The molecular weight excluding hydrogens is 196 g/mol. The summed E-state index contributed by atoms with van der Waals surface area (Å²) >= 11 is 0. The average Bonchev–Trinajstić information content (AvgIpc) is 2.59. The molecule has 2 saturated heterocycles. The van der Waals surface area contributed by atoms with Crippen LogP contribution < -0.4 is 0 Å². The molecule has 0 aromatic heterocycles. The summed E-state index contributed by atoms with van der Waals surface area (Å²) < 4.78 is 0. The molecule has 82 valence electrons. The van der Waals surface area contributed by atoms with Crippen molar-refractivity contribution in [1.82, 2.24) is 9.80 Å². The third kappa shape index (κ3) is 1.86. The van der Waals surface area contributed by atoms with Gasteiger partial charge in [0, 0.05) is 25.9 Å². The molecule has 2 aliphatic rings. The lowest BCUT2D eigenvalue weighted by molar-refractivity contribution is -0.135. The zero-order valence-corrected chi connectivity index (χ0v) is 8.57. The fourth-order valence-electron chi connectivity index (χ4n) is 2.02. The maximum absolute atomic E-state index is 11.8. The molecule has 0 atom stereocenters. The summed E-state index contributed by atoms with van der Waals surface area (Å²) in [4.78, 5) is 36.9. The Morgan fingerprint density at radius 1 is 0.933 bits per heavy atom. The Morgan fingerprint density at radius 3 is 2.00 bits per heavy atom. The number of urea groups is 1. The van der Waals surface area contributed by atoms with Crippen LogP contribution in [0, 0.1) is 0 Å². The normalized spacial score (nSPS) is 22.4. The summed E-state index contributed by atoms with van der Waals surface area (Å²) in [6.45, 7) is 1.33. The lowest BCUT2D eigenvalue weighted by atomic mass is 10.1. The molecule has 2 heterocycles. The molecule has 0 aliphatic carbocycles. The van der Waals surface area contributed by atoms with Crippen LogP contribution >= 0.6 is 0 Å². The fourth-order valence-corrected chi connectivity index (χ4v) is 2.02. The van der Waals surface area contributed by atoms with Crippen molar-refractivity contribution in [2.24, 2.45) is 0 Å². The van der Waals surface area contributed by atoms with Gasteiger partial charge in [0.1, 0.15) is 0 Å². The van der Waals surface area contributed by atoms with Crippen LogP contribution in [0.2, 0.25) is 0 Å². The third-order valence-electron chi connectivity index (χ3n) is 2.87. The Kier molecular flexibility index (Phi) is 2.70. The minimum atomic E-state index is -0.415. The molecule has 0 radical (unpaired) electrons. The van der Waals surface area contributed by atoms with E-state index < -0.39 is 6.03 Å². The van der Waals surface area contributed by atoms with Crippen molar-refractivity contribution in [1.29, 1.82) is 0 Å². The maximum Gasteiger partial charge on any atom is 0.333 e. The zero-order chi connectivity index (χ0) is 10.8. The molecule has 5 nitrogen and oxygen atoms in total. The third-order valence-corrected chi connectivity index (χ3v) is 2.87. The SMILES string of the molecule is O=C1CCC(=O)N1C(=O)N1CCCCC1. The number of likely N-dealkylation sites (tertiary alicyclic amines) is 2. The van der Waals surface area contributed by atoms with E-state index in [4.69, 9.17) is 0 Å². The number of amides is 4. The Hall–Kier alpha value is -1.39. The van der Waals surface area contributed by atoms with Gasteiger partial charge in [0.15, 0.2) is 0 Å². The van der Waals surface area contributed by atoms with Crippen LogP contribution in [0.1, 0.15) is 32.1 Å². The first-order chi connectivity index (χ1) is 7.20. The number of carbonyl (C=O) groups excluding carboxylic acids is 3. The van der Waals surface area contributed by atoms with E-state index in [9.17, 15) is 14.4 Å². The van der Waals surface area contributed by atoms with E-state index in [1.54, 1.807) is 4.90 Å². The number of piperidine rings is 1. The van der Waals surface area contributed by atoms with E-state index in [0.717, 1.165) is 24.2 Å². The maximum atomic E-state index is 11.8. The Bertz CT molecular complexity index is 292. The number of hydrogen-bond donors (Lipinski definition) is 0. The molecule has 0 aromatic carbocycles. The van der Waals surface area contributed by atoms with Gasteiger partial charge in [0.05, 0.1) is 0 Å². The fraction of sp³-hybridized carbons (Fsp3) is 0.700. The molecule has 15 heavy (non-hydrogen) atoms. The second-order valence-electron chi connectivity index (χ2n) is 3.95. The summed E-state index contributed by atoms with van der Waals surface area (Å²) in [6.07, 6.45) is 3.40. The average molecular weight is 210 g/mol. The first-order valence-corrected chi connectivity index (χ1v) is 5.35. The van der Waals surface area contributed by atoms with Crippen LogP contribution in [0.15, 0.2) is 0 Å². The first-order valence-electron chi connectivity index (χ1n) is 5.35. The molecule has 2 rings (SSSR count). The van der Waals surface area contributed by atoms with E-state index in [0.29, 0.717) is 13.1 Å². The van der Waals surface area contributed by atoms with Crippen LogP contribution in [0.4, 0.5) is 4.79 Å². The predicted molar refractivity (Wildman–Crippen MR) is 51.9 cm³/mol. The summed E-state index contributed by atoms with van der Waals surface area (Å²) in [5.74, 6) is -0.703. The molecule has 2 fully saturated rings. The topological polar surface area (TPSA) is 57.7 Å². The van der Waals surface area contributed by atoms with Crippen LogP contribution in [0.3, 0.4) is 0 Å². The van der Waals surface area contributed by atoms with Gasteiger partial charge >= 0.3 is 6.03 Å². The predicted octanol–water partition coefficient (Wildman–Crippen LogP) is 0.741. The van der Waals surface area contributed by atoms with Crippen molar-refractivity contribution in [3.8, 4) is 0 Å². The van der Waals surface area contributed by atoms with Gasteiger partial charge in [0.2, 0.25) is 11.8 Å². The molecule has 0 saturated carbocycles. The second-order valence-corrected chi connectivity index (χ2v) is 3.95. The number of hydrogen-bond acceptors (Lipinski definition) is 3. The van der Waals surface area contributed by atoms with E-state index in [2.05, 4.69) is 0 Å². The van der Waals surface area contributed by atoms with E-state index in [-0.39, 0.29) is 24.7 Å². The van der Waals surface area contributed by atoms with Crippen LogP contribution in [-0.4, -0.2) is 40.7 Å². The Morgan fingerprint density at radius 2 is 1.47 bits per heavy atom. The highest BCUT2D eigenvalue weighted by atomic mass is 16.2. The monoisotopic (exact) mass is 210 g/mol. The summed E-state index contributed by atoms with van der Waals surface area (Å²) in [5, 5.41) is 0. The first kappa shape index (κ1) is 10.1. The van der Waals surface area contributed by atoms with Gasteiger partial charge in [-0.25, -0.2) is 9.69 Å². The summed E-state index contributed by atoms with van der Waals surface area (Å²) in [7, 11) is 0. The van der Waals surface area contributed by atoms with E-state index in [1.165, 1.54) is 0 Å². The van der Waals surface area contributed by atoms with Gasteiger partial charge in [-0.15, -0.1) is 0 Å². The van der Waals surface area contributed by atoms with Gasteiger partial charge in [-0.1, -0.05) is 0 Å². The molecule has 2 aliphatic heterocycles. The number of nitrogens with zero attached hydrogens (tertiary/aromatic N) is 2. The smallest absolute Gasteiger partial charge is 0.324 e. The molecule has 0 bridgehead atoms. The minimum absolute atomic E-state index is 0.179. The van der Waals surface area contributed by atoms with Crippen LogP contribution in [0.5, 0.6) is 0 Å². The van der Waals surface area contributed by atoms with E-state index >= 15 is 0 Å². The largest absolute Gasteiger partial charge is 0.333 e. The number of imide groups is 3. The van der Waals surface area contributed by atoms with Crippen molar-refractivity contribution in [3.05, 3.63) is 0 Å². The molecule has 0 N–H and O–H groups in total. The molecule has 0 unspecified atom stereocenters. The lowest BCUT2D eigenvalue weighted by Gasteiger charge is -2.29. The van der Waals surface area contributed by atoms with Gasteiger partial charge in [-0.3, -0.25) is 9.59 Å². The van der Waals surface area contributed by atoms with Crippen molar-refractivity contribution in [2.45, 2.75) is 32.1 Å². The van der Waals surface area contributed by atoms with Crippen molar-refractivity contribution >= 4 is 17.8 Å². The molecule has 4 amide bonds. The highest BCUT2D eigenvalue weighted by molar-refractivity contribution is 6.14. The summed E-state index contributed by atoms with van der Waals surface area (Å²) in [5.41, 5.74) is 0. The standard InChI is InChI=1S/C10H14N2O3/c13-8-4-5-9(14)12(8)10(15)11-6-2-1-3-7-11/h1-7H2. The van der Waals surface area contributed by atoms with Gasteiger partial charge in [0.25, 0.3) is 0 Å². The van der Waals surface area contributed by atoms with Gasteiger partial charge in [-0.2, -0.15) is 0 Å². The van der Waals surface area contributed by atoms with E-state index in [1.807, 2.05) is 0 Å². The Balaban J connectivity index is 2.05. The molecule has 0 spiro atoms. The number of rotatable bonds is 0. The van der Waals surface area contributed by atoms with Crippen molar-refractivity contribution < 1.29 is 14.4 Å². The Labute approximate surface area is 88.0 Å². The minimum Gasteiger partial charge on any atom is -0.324 e. The van der Waals surface area contributed by atoms with Crippen molar-refractivity contribution in [3.63, 3.8) is 0 Å². The van der Waals surface area contributed by atoms with Crippen LogP contribution in [0.25, 0.3) is 0 Å². The highest BCUT2D eigenvalue weighted by Crippen LogP contribution is 2.17. The molecule has 5 heteroatoms. The molecule has 0 aromatic rings. The lowest BCUT2D eigenvalue weighted by Crippen LogP contribution is -2.47. The quantitative estimate of drug-likeness (QED) is 0.554. The highest BCUT2D eigenvalue weighted by Gasteiger charge is 2.37. The van der Waals surface area contributed by atoms with Gasteiger partial charge in [-0.05, 0) is 19.3 Å². The second kappa shape index (κ2) is 4.00. The summed E-state index contributed by atoms with van der Waals surface area (Å²) in [6, 6.07) is -0.415. The van der Waals surface area contributed by atoms with Crippen molar-refractivity contribution in [2.75, 3.05) is 13.1 Å². The van der Waals surface area contributed by atoms with Gasteiger partial charge < -0.3 is 4.90 Å². The number of carbonyl (C=O) groups is 3. The zero-order valence-electron chi connectivity index (χ0n) is 8.57.